The van der Waals surface area contributed by atoms with Crippen molar-refractivity contribution in [1.29, 1.82) is 0 Å². The van der Waals surface area contributed by atoms with Crippen LogP contribution in [0.5, 0.6) is 0 Å². The van der Waals surface area contributed by atoms with Gasteiger partial charge >= 0.3 is 0 Å². The first-order valence-corrected chi connectivity index (χ1v) is 3.41. The summed E-state index contributed by atoms with van der Waals surface area (Å²) in [5, 5.41) is 0. The number of hydrogen-bond acceptors (Lipinski definition) is 1. The lowest BCUT2D eigenvalue weighted by molar-refractivity contribution is 1.66. The summed E-state index contributed by atoms with van der Waals surface area (Å²) in [5.41, 5.74) is 0.689. The van der Waals surface area contributed by atoms with E-state index in [1.165, 1.54) is 11.3 Å². The summed E-state index contributed by atoms with van der Waals surface area (Å²) in [6, 6.07) is 1.87. The largest absolute Gasteiger partial charge is 0.129 e. The average Bonchev–Trinajstić information content (AvgIpc) is 1.85. The summed E-state index contributed by atoms with van der Waals surface area (Å²) in [7, 11) is 5.42. The molecule has 2 radical (unpaired) electrons. The van der Waals surface area contributed by atoms with E-state index >= 15 is 0 Å². The molecule has 0 spiro atoms. The molecule has 1 aromatic rings. The lowest BCUT2D eigenvalue weighted by atomic mass is 10.0. The Morgan fingerprint density at radius 2 is 2.38 bits per heavy atom. The molecule has 3 heteroatoms. The molecule has 0 atom stereocenters. The molecule has 0 aliphatic rings. The molecule has 0 aromatic carbocycles. The van der Waals surface area contributed by atoms with Crippen molar-refractivity contribution in [2.45, 2.75) is 6.92 Å². The Bertz CT molecular complexity index is 175. The molecule has 0 unspecified atom stereocenters. The highest BCUT2D eigenvalue weighted by Gasteiger charge is 1.95. The van der Waals surface area contributed by atoms with Crippen LogP contribution in [0.15, 0.2) is 6.07 Å². The Labute approximate surface area is 58.9 Å². The van der Waals surface area contributed by atoms with Crippen LogP contribution in [0, 0.1) is 6.92 Å². The van der Waals surface area contributed by atoms with Gasteiger partial charge < -0.3 is 0 Å². The first-order valence-electron chi connectivity index (χ1n) is 2.21. The van der Waals surface area contributed by atoms with Crippen LogP contribution in [0.4, 0.5) is 0 Å². The predicted octanol–water partition coefficient (Wildman–Crippen LogP) is 1.50. The molecular weight excluding hydrogens is 138 g/mol. The molecule has 1 aromatic heterocycles. The van der Waals surface area contributed by atoms with Crippen molar-refractivity contribution in [2.24, 2.45) is 0 Å². The van der Waals surface area contributed by atoms with Crippen molar-refractivity contribution in [3.8, 4) is 0 Å². The molecule has 0 amide bonds. The molecule has 0 saturated carbocycles. The van der Waals surface area contributed by atoms with Crippen LogP contribution >= 0.6 is 22.9 Å². The van der Waals surface area contributed by atoms with Gasteiger partial charge in [-0.15, -0.1) is 11.3 Å². The van der Waals surface area contributed by atoms with Gasteiger partial charge in [0.2, 0.25) is 0 Å². The zero-order chi connectivity index (χ0) is 6.15. The van der Waals surface area contributed by atoms with E-state index in [0.29, 0.717) is 9.80 Å². The van der Waals surface area contributed by atoms with Crippen molar-refractivity contribution in [3.63, 3.8) is 0 Å². The third-order valence-electron chi connectivity index (χ3n) is 0.836. The van der Waals surface area contributed by atoms with Gasteiger partial charge in [-0.05, 0) is 6.92 Å². The fourth-order valence-corrected chi connectivity index (χ4v) is 1.57. The van der Waals surface area contributed by atoms with Crippen LogP contribution in [0.25, 0.3) is 0 Å². The van der Waals surface area contributed by atoms with Crippen LogP contribution in [0.2, 0.25) is 4.34 Å². The normalized spacial score (nSPS) is 9.75. The molecule has 0 aliphatic heterocycles. The fourth-order valence-electron chi connectivity index (χ4n) is 0.505. The summed E-state index contributed by atoms with van der Waals surface area (Å²) in [6.07, 6.45) is 0. The first-order chi connectivity index (χ1) is 3.70. The quantitative estimate of drug-likeness (QED) is 0.482. The third-order valence-corrected chi connectivity index (χ3v) is 2.14. The summed E-state index contributed by atoms with van der Waals surface area (Å²) in [4.78, 5) is 1.16. The van der Waals surface area contributed by atoms with Gasteiger partial charge in [-0.1, -0.05) is 23.1 Å². The zero-order valence-electron chi connectivity index (χ0n) is 4.44. The fraction of sp³-hybridized carbons (Fsp3) is 0.200. The number of rotatable bonds is 0. The summed E-state index contributed by atoms with van der Waals surface area (Å²) in [6.45, 7) is 1.98. The summed E-state index contributed by atoms with van der Waals surface area (Å²) < 4.78 is 0.697. The maximum atomic E-state index is 5.62. The van der Waals surface area contributed by atoms with Gasteiger partial charge in [-0.25, -0.2) is 0 Å². The molecule has 0 saturated heterocycles. The Morgan fingerprint density at radius 1 is 1.75 bits per heavy atom. The molecule has 0 nitrogen and oxygen atoms in total. The van der Waals surface area contributed by atoms with E-state index in [2.05, 4.69) is 0 Å². The van der Waals surface area contributed by atoms with Gasteiger partial charge in [0, 0.05) is 4.88 Å². The highest BCUT2D eigenvalue weighted by atomic mass is 35.5. The van der Waals surface area contributed by atoms with Crippen LogP contribution in [-0.2, 0) is 0 Å². The molecule has 40 valence electrons. The van der Waals surface area contributed by atoms with Crippen LogP contribution in [0.3, 0.4) is 0 Å². The van der Waals surface area contributed by atoms with Crippen molar-refractivity contribution in [2.75, 3.05) is 0 Å². The van der Waals surface area contributed by atoms with E-state index in [-0.39, 0.29) is 0 Å². The number of aryl methyl sites for hydroxylation is 1. The summed E-state index contributed by atoms with van der Waals surface area (Å²) >= 11 is 7.13. The molecule has 0 bridgehead atoms. The number of hydrogen-bond donors (Lipinski definition) is 0. The first kappa shape index (κ1) is 6.18. The van der Waals surface area contributed by atoms with Gasteiger partial charge in [0.15, 0.2) is 0 Å². The second-order valence-electron chi connectivity index (χ2n) is 1.59. The smallest absolute Gasteiger partial charge is 0.117 e. The van der Waals surface area contributed by atoms with E-state index in [1.54, 1.807) is 0 Å². The van der Waals surface area contributed by atoms with Gasteiger partial charge in [-0.3, -0.25) is 0 Å². The predicted molar refractivity (Wildman–Crippen MR) is 39.5 cm³/mol. The maximum Gasteiger partial charge on any atom is 0.117 e. The highest BCUT2D eigenvalue weighted by Crippen LogP contribution is 2.16. The minimum atomic E-state index is 0.689. The van der Waals surface area contributed by atoms with Crippen molar-refractivity contribution in [3.05, 3.63) is 15.3 Å². The van der Waals surface area contributed by atoms with Crippen LogP contribution in [0.1, 0.15) is 4.88 Å². The van der Waals surface area contributed by atoms with Crippen LogP contribution < -0.4 is 5.46 Å². The number of halogens is 1. The standard InChI is InChI=1S/C5H4BClS/c1-3-2-4(6)5(7)8-3/h2H,1H3. The molecule has 1 heterocycles. The molecule has 0 fully saturated rings. The van der Waals surface area contributed by atoms with Gasteiger partial charge in [-0.2, -0.15) is 0 Å². The highest BCUT2D eigenvalue weighted by molar-refractivity contribution is 7.17. The second kappa shape index (κ2) is 2.12. The molecule has 0 N–H and O–H groups in total. The van der Waals surface area contributed by atoms with Gasteiger partial charge in [0.25, 0.3) is 0 Å². The van der Waals surface area contributed by atoms with Gasteiger partial charge in [0.05, 0.1) is 4.34 Å². The van der Waals surface area contributed by atoms with E-state index in [9.17, 15) is 0 Å². The molecule has 8 heavy (non-hydrogen) atoms. The van der Waals surface area contributed by atoms with Crippen molar-refractivity contribution < 1.29 is 0 Å². The topological polar surface area (TPSA) is 0 Å². The monoisotopic (exact) mass is 142 g/mol. The zero-order valence-corrected chi connectivity index (χ0v) is 6.01. The van der Waals surface area contributed by atoms with E-state index in [4.69, 9.17) is 19.4 Å². The number of thiophene rings is 1. The lowest BCUT2D eigenvalue weighted by Crippen LogP contribution is -1.95. The maximum absolute atomic E-state index is 5.62. The Kier molecular flexibility index (Phi) is 1.63. The van der Waals surface area contributed by atoms with Crippen LogP contribution in [-0.4, -0.2) is 7.85 Å². The second-order valence-corrected chi connectivity index (χ2v) is 3.44. The molecule has 1 rings (SSSR count). The average molecular weight is 142 g/mol. The minimum absolute atomic E-state index is 0.689. The van der Waals surface area contributed by atoms with Crippen molar-refractivity contribution in [1.82, 2.24) is 0 Å². The Hall–Kier alpha value is 0.0549. The van der Waals surface area contributed by atoms with E-state index in [1.807, 2.05) is 13.0 Å². The van der Waals surface area contributed by atoms with Crippen molar-refractivity contribution >= 4 is 36.2 Å². The third kappa shape index (κ3) is 1.06. The van der Waals surface area contributed by atoms with E-state index in [0.717, 1.165) is 4.88 Å². The lowest BCUT2D eigenvalue weighted by Gasteiger charge is -1.77. The summed E-state index contributed by atoms with van der Waals surface area (Å²) in [5.74, 6) is 0. The Balaban J connectivity index is 3.14. The molecular formula is C5H4BClS. The Morgan fingerprint density at radius 3 is 2.50 bits per heavy atom. The van der Waals surface area contributed by atoms with E-state index < -0.39 is 0 Å². The minimum Gasteiger partial charge on any atom is -0.129 e. The SMILES string of the molecule is [B]c1cc(C)sc1Cl. The van der Waals surface area contributed by atoms with Gasteiger partial charge in [0.1, 0.15) is 7.85 Å². The molecule has 0 aliphatic carbocycles.